The van der Waals surface area contributed by atoms with Crippen LogP contribution in [-0.4, -0.2) is 49.4 Å². The topological polar surface area (TPSA) is 154 Å². The Bertz CT molecular complexity index is 2050. The van der Waals surface area contributed by atoms with Gasteiger partial charge in [-0.2, -0.15) is 5.10 Å². The number of nitrogens with one attached hydrogen (secondary N) is 2. The van der Waals surface area contributed by atoms with Gasteiger partial charge in [0.05, 0.1) is 22.8 Å². The molecule has 1 amide bonds. The van der Waals surface area contributed by atoms with Crippen LogP contribution in [0.15, 0.2) is 69.6 Å². The van der Waals surface area contributed by atoms with E-state index in [0.29, 0.717) is 39.1 Å². The van der Waals surface area contributed by atoms with Crippen LogP contribution in [0.1, 0.15) is 35.1 Å². The van der Waals surface area contributed by atoms with E-state index >= 15 is 0 Å². The number of fused-ring (bicyclic) bond motifs is 2. The molecule has 0 aliphatic carbocycles. The number of hydrogen-bond donors (Lipinski definition) is 2. The van der Waals surface area contributed by atoms with Gasteiger partial charge in [0, 0.05) is 29.6 Å². The average Bonchev–Trinajstić information content (AvgIpc) is 3.53. The smallest absolute Gasteiger partial charge is 0.265 e. The number of aryl methyl sites for hydroxylation is 4. The average molecular weight is 617 g/mol. The highest BCUT2D eigenvalue weighted by molar-refractivity contribution is 7.99. The molecule has 2 N–H and O–H groups in total. The summed E-state index contributed by atoms with van der Waals surface area (Å²) in [4.78, 5) is 39.5. The standard InChI is InChI=1S/C29H28N8O4S2/c1-16-5-10-24(17(2)11-16)37-27-23(14-30-37)28(39)36-21(15-42-29(36)34-27)13-26(38)33-20-6-8-22(9-7-20)43(40,41)35-25-12-18(3)31-19(4)32-25/h5-12,14,21H,13,15H2,1-4H3,(H,33,38)(H,31,32,35). The summed E-state index contributed by atoms with van der Waals surface area (Å²) in [5.74, 6) is 0.840. The first-order valence-electron chi connectivity index (χ1n) is 13.4. The molecule has 4 heterocycles. The summed E-state index contributed by atoms with van der Waals surface area (Å²) < 4.78 is 31.4. The van der Waals surface area contributed by atoms with Crippen molar-refractivity contribution in [2.45, 2.75) is 50.2 Å². The third-order valence-corrected chi connectivity index (χ3v) is 9.49. The molecular weight excluding hydrogens is 589 g/mol. The maximum absolute atomic E-state index is 13.5. The molecule has 0 radical (unpaired) electrons. The predicted octanol–water partition coefficient (Wildman–Crippen LogP) is 4.08. The number of aromatic nitrogens is 6. The number of carbonyl (C=O) groups is 1. The Morgan fingerprint density at radius 3 is 2.51 bits per heavy atom. The van der Waals surface area contributed by atoms with Gasteiger partial charge in [-0.25, -0.2) is 28.1 Å². The van der Waals surface area contributed by atoms with E-state index in [1.54, 1.807) is 29.2 Å². The van der Waals surface area contributed by atoms with E-state index in [0.717, 1.165) is 16.8 Å². The molecule has 12 nitrogen and oxygen atoms in total. The molecule has 2 aromatic carbocycles. The number of rotatable bonds is 7. The first kappa shape index (κ1) is 28.6. The Labute approximate surface area is 251 Å². The van der Waals surface area contributed by atoms with Gasteiger partial charge in [-0.05, 0) is 63.6 Å². The van der Waals surface area contributed by atoms with Crippen LogP contribution in [0.25, 0.3) is 16.7 Å². The lowest BCUT2D eigenvalue weighted by Gasteiger charge is -2.14. The van der Waals surface area contributed by atoms with Gasteiger partial charge in [-0.15, -0.1) is 0 Å². The Morgan fingerprint density at radius 1 is 1.02 bits per heavy atom. The maximum Gasteiger partial charge on any atom is 0.265 e. The van der Waals surface area contributed by atoms with Crippen molar-refractivity contribution in [2.24, 2.45) is 0 Å². The normalized spacial score (nSPS) is 14.6. The van der Waals surface area contributed by atoms with Crippen molar-refractivity contribution in [2.75, 3.05) is 15.8 Å². The Balaban J connectivity index is 1.16. The first-order chi connectivity index (χ1) is 20.5. The van der Waals surface area contributed by atoms with Crippen LogP contribution in [0.2, 0.25) is 0 Å². The monoisotopic (exact) mass is 616 g/mol. The van der Waals surface area contributed by atoms with Gasteiger partial charge in [0.2, 0.25) is 5.91 Å². The van der Waals surface area contributed by atoms with E-state index in [-0.39, 0.29) is 28.6 Å². The molecule has 220 valence electrons. The fourth-order valence-corrected chi connectivity index (χ4v) is 7.23. The lowest BCUT2D eigenvalue weighted by atomic mass is 10.1. The Kier molecular flexibility index (Phi) is 7.26. The number of sulfonamides is 1. The Morgan fingerprint density at radius 2 is 1.79 bits per heavy atom. The third-order valence-electron chi connectivity index (χ3n) is 7.03. The second-order valence-corrected chi connectivity index (χ2v) is 13.1. The zero-order valence-electron chi connectivity index (χ0n) is 23.8. The largest absolute Gasteiger partial charge is 0.326 e. The number of anilines is 2. The summed E-state index contributed by atoms with van der Waals surface area (Å²) >= 11 is 1.42. The van der Waals surface area contributed by atoms with E-state index in [9.17, 15) is 18.0 Å². The van der Waals surface area contributed by atoms with E-state index < -0.39 is 16.1 Å². The predicted molar refractivity (Wildman–Crippen MR) is 164 cm³/mol. The minimum atomic E-state index is -3.90. The van der Waals surface area contributed by atoms with Gasteiger partial charge in [0.1, 0.15) is 17.0 Å². The van der Waals surface area contributed by atoms with Crippen molar-refractivity contribution in [1.29, 1.82) is 0 Å². The molecule has 1 atom stereocenters. The van der Waals surface area contributed by atoms with Crippen molar-refractivity contribution in [3.63, 3.8) is 0 Å². The quantitative estimate of drug-likeness (QED) is 0.258. The maximum atomic E-state index is 13.5. The molecule has 0 saturated heterocycles. The fourth-order valence-electron chi connectivity index (χ4n) is 5.11. The highest BCUT2D eigenvalue weighted by Gasteiger charge is 2.30. The molecule has 3 aromatic heterocycles. The number of hydrogen-bond acceptors (Lipinski definition) is 9. The molecular formula is C29H28N8O4S2. The van der Waals surface area contributed by atoms with Crippen molar-refractivity contribution in [3.8, 4) is 5.69 Å². The van der Waals surface area contributed by atoms with Crippen molar-refractivity contribution in [3.05, 3.63) is 87.7 Å². The summed E-state index contributed by atoms with van der Waals surface area (Å²) in [6, 6.07) is 13.0. The third kappa shape index (κ3) is 5.62. The molecule has 5 aromatic rings. The van der Waals surface area contributed by atoms with Crippen LogP contribution in [0.5, 0.6) is 0 Å². The van der Waals surface area contributed by atoms with Crippen LogP contribution >= 0.6 is 11.8 Å². The highest BCUT2D eigenvalue weighted by atomic mass is 32.2. The molecule has 1 aliphatic heterocycles. The fraction of sp³-hybridized carbons (Fsp3) is 0.241. The molecule has 1 unspecified atom stereocenters. The van der Waals surface area contributed by atoms with Gasteiger partial charge in [-0.1, -0.05) is 29.5 Å². The van der Waals surface area contributed by atoms with E-state index in [4.69, 9.17) is 4.98 Å². The lowest BCUT2D eigenvalue weighted by molar-refractivity contribution is -0.116. The van der Waals surface area contributed by atoms with Crippen molar-refractivity contribution < 1.29 is 13.2 Å². The number of amides is 1. The number of benzene rings is 2. The zero-order valence-corrected chi connectivity index (χ0v) is 25.5. The molecule has 6 rings (SSSR count). The van der Waals surface area contributed by atoms with Gasteiger partial charge < -0.3 is 5.32 Å². The number of carbonyl (C=O) groups excluding carboxylic acids is 1. The lowest BCUT2D eigenvalue weighted by Crippen LogP contribution is -2.27. The van der Waals surface area contributed by atoms with E-state index in [1.165, 1.54) is 42.2 Å². The van der Waals surface area contributed by atoms with Crippen molar-refractivity contribution in [1.82, 2.24) is 29.3 Å². The van der Waals surface area contributed by atoms with Crippen LogP contribution in [0.3, 0.4) is 0 Å². The molecule has 0 fully saturated rings. The summed E-state index contributed by atoms with van der Waals surface area (Å²) in [5, 5.41) is 8.18. The minimum absolute atomic E-state index is 0.0172. The highest BCUT2D eigenvalue weighted by Crippen LogP contribution is 2.34. The van der Waals surface area contributed by atoms with Crippen molar-refractivity contribution >= 4 is 50.2 Å². The SMILES string of the molecule is Cc1ccc(-n2ncc3c(=O)n4c(nc32)SCC4CC(=O)Nc2ccc(S(=O)(=O)Nc3cc(C)nc(C)n3)cc2)c(C)c1. The van der Waals surface area contributed by atoms with Crippen LogP contribution < -0.4 is 15.6 Å². The van der Waals surface area contributed by atoms with Crippen LogP contribution in [0, 0.1) is 27.7 Å². The van der Waals surface area contributed by atoms with E-state index in [1.807, 2.05) is 26.0 Å². The van der Waals surface area contributed by atoms with Gasteiger partial charge in [-0.3, -0.25) is 18.9 Å². The summed E-state index contributed by atoms with van der Waals surface area (Å²) in [7, 11) is -3.90. The summed E-state index contributed by atoms with van der Waals surface area (Å²) in [6.45, 7) is 7.44. The van der Waals surface area contributed by atoms with Gasteiger partial charge >= 0.3 is 0 Å². The second-order valence-electron chi connectivity index (χ2n) is 10.4. The molecule has 14 heteroatoms. The molecule has 0 bridgehead atoms. The van der Waals surface area contributed by atoms with Gasteiger partial charge in [0.15, 0.2) is 10.8 Å². The zero-order chi connectivity index (χ0) is 30.5. The molecule has 0 saturated carbocycles. The number of thioether (sulfide) groups is 1. The van der Waals surface area contributed by atoms with Crippen LogP contribution in [-0.2, 0) is 14.8 Å². The van der Waals surface area contributed by atoms with E-state index in [2.05, 4.69) is 31.2 Å². The Hall–Kier alpha value is -4.56. The van der Waals surface area contributed by atoms with Crippen LogP contribution in [0.4, 0.5) is 11.5 Å². The second kappa shape index (κ2) is 10.9. The minimum Gasteiger partial charge on any atom is -0.326 e. The summed E-state index contributed by atoms with van der Waals surface area (Å²) in [6.07, 6.45) is 1.57. The summed E-state index contributed by atoms with van der Waals surface area (Å²) in [5.41, 5.74) is 4.31. The number of nitrogens with zero attached hydrogens (tertiary/aromatic N) is 6. The first-order valence-corrected chi connectivity index (χ1v) is 15.9. The van der Waals surface area contributed by atoms with Gasteiger partial charge in [0.25, 0.3) is 15.6 Å². The molecule has 1 aliphatic rings. The molecule has 43 heavy (non-hydrogen) atoms. The molecule has 0 spiro atoms.